The Morgan fingerprint density at radius 2 is 1.88 bits per heavy atom. The highest BCUT2D eigenvalue weighted by Gasteiger charge is 2.39. The fraction of sp³-hybridized carbons (Fsp3) is 0.364. The molecular weight excluding hydrogens is 264 g/mol. The van der Waals surface area contributed by atoms with Crippen LogP contribution >= 0.6 is 11.6 Å². The van der Waals surface area contributed by atoms with E-state index in [0.717, 1.165) is 0 Å². The maximum absolute atomic E-state index is 11.7. The predicted octanol–water partition coefficient (Wildman–Crippen LogP) is 1.25. The number of esters is 1. The van der Waals surface area contributed by atoms with Crippen LogP contribution in [0.3, 0.4) is 0 Å². The zero-order valence-electron chi connectivity index (χ0n) is 8.87. The van der Waals surface area contributed by atoms with Crippen LogP contribution in [0.25, 0.3) is 0 Å². The van der Waals surface area contributed by atoms with Gasteiger partial charge >= 0.3 is 5.97 Å². The SMILES string of the molecule is O=C(O[C@@H]1CS(=O)(=O)C[C@@H]1Cl)c1ccccc1. The van der Waals surface area contributed by atoms with Crippen molar-refractivity contribution in [1.29, 1.82) is 0 Å². The van der Waals surface area contributed by atoms with Gasteiger partial charge in [0.2, 0.25) is 0 Å². The number of carbonyl (C=O) groups excluding carboxylic acids is 1. The van der Waals surface area contributed by atoms with Crippen LogP contribution in [0.1, 0.15) is 10.4 Å². The van der Waals surface area contributed by atoms with E-state index in [2.05, 4.69) is 0 Å². The molecule has 1 aliphatic heterocycles. The predicted molar refractivity (Wildman–Crippen MR) is 63.9 cm³/mol. The van der Waals surface area contributed by atoms with Gasteiger partial charge in [-0.3, -0.25) is 0 Å². The van der Waals surface area contributed by atoms with Gasteiger partial charge in [-0.05, 0) is 12.1 Å². The average Bonchev–Trinajstić information content (AvgIpc) is 2.53. The van der Waals surface area contributed by atoms with Gasteiger partial charge in [0.25, 0.3) is 0 Å². The van der Waals surface area contributed by atoms with Crippen molar-refractivity contribution in [2.75, 3.05) is 11.5 Å². The minimum atomic E-state index is -3.18. The normalized spacial score (nSPS) is 26.6. The molecular formula is C11H11ClO4S. The lowest BCUT2D eigenvalue weighted by Gasteiger charge is -2.13. The summed E-state index contributed by atoms with van der Waals surface area (Å²) in [6, 6.07) is 8.41. The lowest BCUT2D eigenvalue weighted by Crippen LogP contribution is -2.26. The molecule has 0 N–H and O–H groups in total. The van der Waals surface area contributed by atoms with Gasteiger partial charge in [-0.15, -0.1) is 11.6 Å². The zero-order chi connectivity index (χ0) is 12.5. The number of hydrogen-bond acceptors (Lipinski definition) is 4. The summed E-state index contributed by atoms with van der Waals surface area (Å²) in [6.45, 7) is 0. The van der Waals surface area contributed by atoms with Crippen LogP contribution in [0.15, 0.2) is 30.3 Å². The highest BCUT2D eigenvalue weighted by molar-refractivity contribution is 7.91. The van der Waals surface area contributed by atoms with Crippen molar-refractivity contribution >= 4 is 27.4 Å². The van der Waals surface area contributed by atoms with Crippen molar-refractivity contribution in [3.05, 3.63) is 35.9 Å². The van der Waals surface area contributed by atoms with Gasteiger partial charge in [0.15, 0.2) is 9.84 Å². The smallest absolute Gasteiger partial charge is 0.338 e. The van der Waals surface area contributed by atoms with Crippen molar-refractivity contribution in [1.82, 2.24) is 0 Å². The van der Waals surface area contributed by atoms with Crippen LogP contribution < -0.4 is 0 Å². The number of benzene rings is 1. The minimum Gasteiger partial charge on any atom is -0.456 e. The summed E-state index contributed by atoms with van der Waals surface area (Å²) in [5.41, 5.74) is 0.390. The van der Waals surface area contributed by atoms with Gasteiger partial charge < -0.3 is 4.74 Å². The minimum absolute atomic E-state index is 0.138. The molecule has 2 atom stereocenters. The molecule has 0 aromatic heterocycles. The first-order chi connectivity index (χ1) is 7.98. The Morgan fingerprint density at radius 3 is 2.41 bits per heavy atom. The number of hydrogen-bond donors (Lipinski definition) is 0. The third kappa shape index (κ3) is 2.98. The monoisotopic (exact) mass is 274 g/mol. The zero-order valence-corrected chi connectivity index (χ0v) is 10.4. The van der Waals surface area contributed by atoms with Crippen molar-refractivity contribution in [3.63, 3.8) is 0 Å². The van der Waals surface area contributed by atoms with E-state index in [1.165, 1.54) is 0 Å². The molecule has 1 fully saturated rings. The topological polar surface area (TPSA) is 60.4 Å². The van der Waals surface area contributed by atoms with E-state index in [4.69, 9.17) is 16.3 Å². The molecule has 1 aromatic carbocycles. The van der Waals surface area contributed by atoms with Gasteiger partial charge in [0.05, 0.1) is 22.4 Å². The van der Waals surface area contributed by atoms with Crippen LogP contribution in [0, 0.1) is 0 Å². The largest absolute Gasteiger partial charge is 0.456 e. The fourth-order valence-corrected chi connectivity index (χ4v) is 4.12. The molecule has 0 spiro atoms. The molecule has 1 aromatic rings. The molecule has 0 amide bonds. The Morgan fingerprint density at radius 1 is 1.24 bits per heavy atom. The van der Waals surface area contributed by atoms with Crippen molar-refractivity contribution in [3.8, 4) is 0 Å². The van der Waals surface area contributed by atoms with Crippen LogP contribution in [0.5, 0.6) is 0 Å². The van der Waals surface area contributed by atoms with Crippen molar-refractivity contribution in [2.24, 2.45) is 0 Å². The summed E-state index contributed by atoms with van der Waals surface area (Å²) in [5, 5.41) is -0.660. The van der Waals surface area contributed by atoms with E-state index in [9.17, 15) is 13.2 Å². The summed E-state index contributed by atoms with van der Waals surface area (Å²) in [4.78, 5) is 11.7. The molecule has 1 heterocycles. The van der Waals surface area contributed by atoms with Gasteiger partial charge in [0, 0.05) is 0 Å². The lowest BCUT2D eigenvalue weighted by molar-refractivity contribution is 0.0362. The lowest BCUT2D eigenvalue weighted by atomic mass is 10.2. The Bertz CT molecular complexity index is 512. The molecule has 92 valence electrons. The van der Waals surface area contributed by atoms with Crippen LogP contribution in [-0.2, 0) is 14.6 Å². The first-order valence-electron chi connectivity index (χ1n) is 5.08. The first kappa shape index (κ1) is 12.4. The molecule has 0 bridgehead atoms. The van der Waals surface area contributed by atoms with Crippen LogP contribution in [0.4, 0.5) is 0 Å². The van der Waals surface area contributed by atoms with Crippen molar-refractivity contribution in [2.45, 2.75) is 11.5 Å². The highest BCUT2D eigenvalue weighted by atomic mass is 35.5. The molecule has 17 heavy (non-hydrogen) atoms. The average molecular weight is 275 g/mol. The number of sulfone groups is 1. The number of carbonyl (C=O) groups is 1. The quantitative estimate of drug-likeness (QED) is 0.601. The second-order valence-electron chi connectivity index (χ2n) is 3.90. The molecule has 1 aliphatic rings. The number of halogens is 1. The summed E-state index contributed by atoms with van der Waals surface area (Å²) >= 11 is 5.84. The number of rotatable bonds is 2. The van der Waals surface area contributed by atoms with Crippen LogP contribution in [0.2, 0.25) is 0 Å². The molecule has 6 heteroatoms. The third-order valence-corrected chi connectivity index (χ3v) is 4.82. The van der Waals surface area contributed by atoms with Gasteiger partial charge in [-0.1, -0.05) is 18.2 Å². The molecule has 0 unspecified atom stereocenters. The molecule has 4 nitrogen and oxygen atoms in total. The number of alkyl halides is 1. The van der Waals surface area contributed by atoms with Gasteiger partial charge in [-0.25, -0.2) is 13.2 Å². The summed E-state index contributed by atoms with van der Waals surface area (Å²) in [5.74, 6) is -0.876. The molecule has 0 saturated carbocycles. The second kappa shape index (κ2) is 4.66. The Labute approximate surface area is 104 Å². The van der Waals surface area contributed by atoms with E-state index in [1.54, 1.807) is 30.3 Å². The Hall–Kier alpha value is -1.07. The maximum atomic E-state index is 11.7. The molecule has 0 aliphatic carbocycles. The van der Waals surface area contributed by atoms with E-state index < -0.39 is 27.3 Å². The highest BCUT2D eigenvalue weighted by Crippen LogP contribution is 2.21. The van der Waals surface area contributed by atoms with E-state index >= 15 is 0 Å². The third-order valence-electron chi connectivity index (χ3n) is 2.50. The molecule has 1 saturated heterocycles. The summed E-state index contributed by atoms with van der Waals surface area (Å²) < 4.78 is 27.7. The Kier molecular flexibility index (Phi) is 3.40. The fourth-order valence-electron chi connectivity index (χ4n) is 1.66. The summed E-state index contributed by atoms with van der Waals surface area (Å²) in [6.07, 6.45) is -0.755. The van der Waals surface area contributed by atoms with Crippen molar-refractivity contribution < 1.29 is 17.9 Å². The van der Waals surface area contributed by atoms with E-state index in [-0.39, 0.29) is 11.5 Å². The summed E-state index contributed by atoms with van der Waals surface area (Å²) in [7, 11) is -3.18. The van der Waals surface area contributed by atoms with E-state index in [0.29, 0.717) is 5.56 Å². The maximum Gasteiger partial charge on any atom is 0.338 e. The number of ether oxygens (including phenoxy) is 1. The molecule has 0 radical (unpaired) electrons. The van der Waals surface area contributed by atoms with E-state index in [1.807, 2.05) is 0 Å². The second-order valence-corrected chi connectivity index (χ2v) is 6.62. The standard InChI is InChI=1S/C11H11ClO4S/c12-9-6-17(14,15)7-10(9)16-11(13)8-4-2-1-3-5-8/h1-5,9-10H,6-7H2/t9-,10+/m0/s1. The molecule has 2 rings (SSSR count). The Balaban J connectivity index is 2.06. The van der Waals surface area contributed by atoms with Crippen LogP contribution in [-0.4, -0.2) is 37.4 Å². The van der Waals surface area contributed by atoms with Gasteiger partial charge in [0.1, 0.15) is 6.10 Å². The first-order valence-corrected chi connectivity index (χ1v) is 7.34. The van der Waals surface area contributed by atoms with Gasteiger partial charge in [-0.2, -0.15) is 0 Å².